The zero-order valence-corrected chi connectivity index (χ0v) is 14.2. The largest absolute Gasteiger partial charge is 0.376 e. The Morgan fingerprint density at radius 1 is 1.00 bits per heavy atom. The van der Waals surface area contributed by atoms with Gasteiger partial charge in [-0.05, 0) is 56.2 Å². The second-order valence-corrected chi connectivity index (χ2v) is 6.24. The first-order valence-electron chi connectivity index (χ1n) is 8.50. The van der Waals surface area contributed by atoms with Gasteiger partial charge >= 0.3 is 0 Å². The quantitative estimate of drug-likeness (QED) is 0.880. The molecule has 0 aliphatic carbocycles. The highest BCUT2D eigenvalue weighted by Gasteiger charge is 2.16. The SMILES string of the molecule is Cc1ccc(C(=O)Nc2ccc(C(=O)NC[C@@H]3CCCO3)cc2)cc1. The maximum atomic E-state index is 12.2. The van der Waals surface area contributed by atoms with Gasteiger partial charge < -0.3 is 15.4 Å². The van der Waals surface area contributed by atoms with E-state index < -0.39 is 0 Å². The lowest BCUT2D eigenvalue weighted by Gasteiger charge is -2.11. The molecule has 0 bridgehead atoms. The lowest BCUT2D eigenvalue weighted by molar-refractivity contribution is 0.0857. The Hall–Kier alpha value is -2.66. The van der Waals surface area contributed by atoms with Gasteiger partial charge in [-0.25, -0.2) is 0 Å². The molecule has 2 aromatic rings. The number of nitrogens with one attached hydrogen (secondary N) is 2. The van der Waals surface area contributed by atoms with Crippen molar-refractivity contribution in [1.82, 2.24) is 5.32 Å². The molecular formula is C20H22N2O3. The van der Waals surface area contributed by atoms with Crippen molar-refractivity contribution in [3.8, 4) is 0 Å². The molecule has 0 saturated carbocycles. The lowest BCUT2D eigenvalue weighted by Crippen LogP contribution is -2.31. The first kappa shape index (κ1) is 17.2. The van der Waals surface area contributed by atoms with E-state index in [2.05, 4.69) is 10.6 Å². The summed E-state index contributed by atoms with van der Waals surface area (Å²) in [7, 11) is 0. The van der Waals surface area contributed by atoms with Crippen LogP contribution in [0.15, 0.2) is 48.5 Å². The summed E-state index contributed by atoms with van der Waals surface area (Å²) in [6.07, 6.45) is 2.16. The van der Waals surface area contributed by atoms with Crippen LogP contribution in [0.25, 0.3) is 0 Å². The standard InChI is InChI=1S/C20H22N2O3/c1-14-4-6-16(7-5-14)20(24)22-17-10-8-15(9-11-17)19(23)21-13-18-3-2-12-25-18/h4-11,18H,2-3,12-13H2,1H3,(H,21,23)(H,22,24)/t18-/m0/s1. The van der Waals surface area contributed by atoms with Gasteiger partial charge in [-0.2, -0.15) is 0 Å². The fourth-order valence-electron chi connectivity index (χ4n) is 2.73. The summed E-state index contributed by atoms with van der Waals surface area (Å²) in [5.74, 6) is -0.303. The Morgan fingerprint density at radius 3 is 2.28 bits per heavy atom. The van der Waals surface area contributed by atoms with Gasteiger partial charge in [0.2, 0.25) is 0 Å². The molecule has 1 aliphatic heterocycles. The third kappa shape index (κ3) is 4.67. The number of aryl methyl sites for hydroxylation is 1. The Balaban J connectivity index is 1.55. The van der Waals surface area contributed by atoms with Gasteiger partial charge in [0.1, 0.15) is 0 Å². The van der Waals surface area contributed by atoms with Gasteiger partial charge in [-0.15, -0.1) is 0 Å². The summed E-state index contributed by atoms with van der Waals surface area (Å²) in [6, 6.07) is 14.2. The average molecular weight is 338 g/mol. The summed E-state index contributed by atoms with van der Waals surface area (Å²) in [5.41, 5.74) is 2.92. The predicted molar refractivity (Wildman–Crippen MR) is 96.9 cm³/mol. The third-order valence-electron chi connectivity index (χ3n) is 4.23. The van der Waals surface area contributed by atoms with Gasteiger partial charge in [0.25, 0.3) is 11.8 Å². The summed E-state index contributed by atoms with van der Waals surface area (Å²) in [4.78, 5) is 24.3. The highest BCUT2D eigenvalue weighted by atomic mass is 16.5. The molecule has 5 heteroatoms. The Morgan fingerprint density at radius 2 is 1.64 bits per heavy atom. The Bertz CT molecular complexity index is 733. The minimum atomic E-state index is -0.171. The smallest absolute Gasteiger partial charge is 0.255 e. The molecule has 2 aromatic carbocycles. The summed E-state index contributed by atoms with van der Waals surface area (Å²) >= 11 is 0. The van der Waals surface area contributed by atoms with Crippen molar-refractivity contribution in [1.29, 1.82) is 0 Å². The number of hydrogen-bond donors (Lipinski definition) is 2. The van der Waals surface area contributed by atoms with Crippen LogP contribution in [0.3, 0.4) is 0 Å². The maximum absolute atomic E-state index is 12.2. The Kier molecular flexibility index (Phi) is 5.46. The minimum Gasteiger partial charge on any atom is -0.376 e. The molecule has 1 atom stereocenters. The van der Waals surface area contributed by atoms with Crippen molar-refractivity contribution in [3.05, 3.63) is 65.2 Å². The molecule has 0 aromatic heterocycles. The average Bonchev–Trinajstić information content (AvgIpc) is 3.14. The summed E-state index contributed by atoms with van der Waals surface area (Å²) < 4.78 is 5.49. The van der Waals surface area contributed by atoms with E-state index in [-0.39, 0.29) is 17.9 Å². The number of hydrogen-bond acceptors (Lipinski definition) is 3. The van der Waals surface area contributed by atoms with E-state index in [4.69, 9.17) is 4.74 Å². The van der Waals surface area contributed by atoms with Crippen molar-refractivity contribution in [2.75, 3.05) is 18.5 Å². The molecule has 1 saturated heterocycles. The molecule has 2 amide bonds. The van der Waals surface area contributed by atoms with Crippen LogP contribution in [0.1, 0.15) is 39.1 Å². The molecule has 3 rings (SSSR count). The van der Waals surface area contributed by atoms with Crippen molar-refractivity contribution in [2.24, 2.45) is 0 Å². The van der Waals surface area contributed by atoms with Crippen molar-refractivity contribution >= 4 is 17.5 Å². The van der Waals surface area contributed by atoms with E-state index in [1.807, 2.05) is 19.1 Å². The molecule has 0 unspecified atom stereocenters. The van der Waals surface area contributed by atoms with Gasteiger partial charge in [0.15, 0.2) is 0 Å². The van der Waals surface area contributed by atoms with E-state index in [9.17, 15) is 9.59 Å². The van der Waals surface area contributed by atoms with Crippen molar-refractivity contribution < 1.29 is 14.3 Å². The van der Waals surface area contributed by atoms with E-state index in [1.54, 1.807) is 36.4 Å². The van der Waals surface area contributed by atoms with Crippen LogP contribution in [-0.4, -0.2) is 31.1 Å². The molecule has 2 N–H and O–H groups in total. The van der Waals surface area contributed by atoms with Gasteiger partial charge in [0.05, 0.1) is 6.10 Å². The van der Waals surface area contributed by atoms with E-state index in [1.165, 1.54) is 0 Å². The molecule has 130 valence electrons. The molecular weight excluding hydrogens is 316 g/mol. The molecule has 1 fully saturated rings. The number of anilines is 1. The maximum Gasteiger partial charge on any atom is 0.255 e. The molecule has 25 heavy (non-hydrogen) atoms. The van der Waals surface area contributed by atoms with Crippen LogP contribution in [0, 0.1) is 6.92 Å². The van der Waals surface area contributed by atoms with Gasteiger partial charge in [-0.3, -0.25) is 9.59 Å². The van der Waals surface area contributed by atoms with Crippen LogP contribution in [-0.2, 0) is 4.74 Å². The zero-order chi connectivity index (χ0) is 17.6. The normalized spacial score (nSPS) is 16.4. The fraction of sp³-hybridized carbons (Fsp3) is 0.300. The van der Waals surface area contributed by atoms with E-state index >= 15 is 0 Å². The molecule has 0 radical (unpaired) electrons. The van der Waals surface area contributed by atoms with E-state index in [0.29, 0.717) is 23.4 Å². The van der Waals surface area contributed by atoms with Gasteiger partial charge in [-0.1, -0.05) is 17.7 Å². The second-order valence-electron chi connectivity index (χ2n) is 6.24. The minimum absolute atomic E-state index is 0.122. The van der Waals surface area contributed by atoms with Crippen LogP contribution in [0.4, 0.5) is 5.69 Å². The van der Waals surface area contributed by atoms with Crippen LogP contribution < -0.4 is 10.6 Å². The molecule has 5 nitrogen and oxygen atoms in total. The molecule has 0 spiro atoms. The third-order valence-corrected chi connectivity index (χ3v) is 4.23. The topological polar surface area (TPSA) is 67.4 Å². The first-order valence-corrected chi connectivity index (χ1v) is 8.50. The lowest BCUT2D eigenvalue weighted by atomic mass is 10.1. The monoisotopic (exact) mass is 338 g/mol. The van der Waals surface area contributed by atoms with Gasteiger partial charge in [0, 0.05) is 30.0 Å². The highest BCUT2D eigenvalue weighted by molar-refractivity contribution is 6.04. The second kappa shape index (κ2) is 7.94. The van der Waals surface area contributed by atoms with E-state index in [0.717, 1.165) is 25.0 Å². The highest BCUT2D eigenvalue weighted by Crippen LogP contribution is 2.13. The fourth-order valence-corrected chi connectivity index (χ4v) is 2.73. The number of rotatable bonds is 5. The number of benzene rings is 2. The summed E-state index contributed by atoms with van der Waals surface area (Å²) in [5, 5.41) is 5.71. The zero-order valence-electron chi connectivity index (χ0n) is 14.2. The van der Waals surface area contributed by atoms with Crippen LogP contribution in [0.2, 0.25) is 0 Å². The predicted octanol–water partition coefficient (Wildman–Crippen LogP) is 3.16. The van der Waals surface area contributed by atoms with Crippen LogP contribution >= 0.6 is 0 Å². The molecule has 1 aliphatic rings. The summed E-state index contributed by atoms with van der Waals surface area (Å²) in [6.45, 7) is 3.28. The van der Waals surface area contributed by atoms with Crippen molar-refractivity contribution in [2.45, 2.75) is 25.9 Å². The number of carbonyl (C=O) groups is 2. The van der Waals surface area contributed by atoms with Crippen LogP contribution in [0.5, 0.6) is 0 Å². The Labute approximate surface area is 147 Å². The first-order chi connectivity index (χ1) is 12.1. The van der Waals surface area contributed by atoms with Crippen molar-refractivity contribution in [3.63, 3.8) is 0 Å². The number of amides is 2. The number of ether oxygens (including phenoxy) is 1. The molecule has 1 heterocycles. The number of carbonyl (C=O) groups excluding carboxylic acids is 2.